The number of hydrogen-bond donors (Lipinski definition) is 3. The summed E-state index contributed by atoms with van der Waals surface area (Å²) in [5, 5.41) is 16.1. The van der Waals surface area contributed by atoms with Crippen LogP contribution < -0.4 is 15.5 Å². The predicted molar refractivity (Wildman–Crippen MR) is 136 cm³/mol. The Morgan fingerprint density at radius 3 is 2.53 bits per heavy atom. The van der Waals surface area contributed by atoms with Crippen LogP contribution in [0, 0.1) is 11.7 Å². The minimum Gasteiger partial charge on any atom is -0.465 e. The second-order valence-corrected chi connectivity index (χ2v) is 9.90. The van der Waals surface area contributed by atoms with Gasteiger partial charge in [0, 0.05) is 49.6 Å². The molecule has 1 aliphatic heterocycles. The summed E-state index contributed by atoms with van der Waals surface area (Å²) in [6.45, 7) is 9.44. The van der Waals surface area contributed by atoms with Gasteiger partial charge in [0.1, 0.15) is 23.3 Å². The number of rotatable bonds is 8. The van der Waals surface area contributed by atoms with Gasteiger partial charge in [-0.25, -0.2) is 14.2 Å². The maximum atomic E-state index is 13.3. The Kier molecular flexibility index (Phi) is 7.18. The molecule has 0 bridgehead atoms. The molecule has 1 aromatic carbocycles. The standard InChI is InChI=1S/C25H31FN8O2/c1-16(18-5-7-19(26)8-6-18)29-23-31-20(30-21-12-27-9-10-28-21)11-22(32-23)33-13-17(14-33)15-34(24(35)36)25(2,3)4/h5-12,16-17H,13-15H2,1-4H3,(H,35,36)(H2,28,29,30,31,32)/t16-/m0/s1. The van der Waals surface area contributed by atoms with E-state index in [0.717, 1.165) is 5.56 Å². The molecule has 36 heavy (non-hydrogen) atoms. The number of anilines is 4. The molecule has 3 heterocycles. The fourth-order valence-corrected chi connectivity index (χ4v) is 4.02. The van der Waals surface area contributed by atoms with Gasteiger partial charge in [-0.05, 0) is 45.4 Å². The molecule has 190 valence electrons. The molecule has 2 aromatic heterocycles. The second-order valence-electron chi connectivity index (χ2n) is 9.90. The van der Waals surface area contributed by atoms with Crippen LogP contribution in [0.2, 0.25) is 0 Å². The van der Waals surface area contributed by atoms with Crippen LogP contribution >= 0.6 is 0 Å². The average molecular weight is 495 g/mol. The molecule has 1 aliphatic rings. The molecule has 10 nitrogen and oxygen atoms in total. The number of hydrogen-bond acceptors (Lipinski definition) is 8. The highest BCUT2D eigenvalue weighted by atomic mass is 19.1. The summed E-state index contributed by atoms with van der Waals surface area (Å²) in [5.74, 6) is 2.10. The molecular formula is C25H31FN8O2. The van der Waals surface area contributed by atoms with E-state index >= 15 is 0 Å². The Labute approximate surface area is 209 Å². The van der Waals surface area contributed by atoms with Gasteiger partial charge < -0.3 is 25.5 Å². The highest BCUT2D eigenvalue weighted by molar-refractivity contribution is 5.66. The summed E-state index contributed by atoms with van der Waals surface area (Å²) in [6, 6.07) is 7.95. The monoisotopic (exact) mass is 494 g/mol. The van der Waals surface area contributed by atoms with Crippen LogP contribution in [0.4, 0.5) is 32.6 Å². The van der Waals surface area contributed by atoms with Gasteiger partial charge in [-0.2, -0.15) is 9.97 Å². The number of nitrogens with one attached hydrogen (secondary N) is 2. The van der Waals surface area contributed by atoms with Crippen LogP contribution in [0.1, 0.15) is 39.3 Å². The number of halogens is 1. The van der Waals surface area contributed by atoms with E-state index in [1.54, 1.807) is 30.7 Å². The first-order valence-corrected chi connectivity index (χ1v) is 11.8. The molecule has 0 radical (unpaired) electrons. The third-order valence-corrected chi connectivity index (χ3v) is 6.01. The molecule has 0 spiro atoms. The molecule has 1 fully saturated rings. The molecule has 11 heteroatoms. The van der Waals surface area contributed by atoms with Gasteiger partial charge in [0.05, 0.1) is 12.2 Å². The molecule has 1 atom stereocenters. The van der Waals surface area contributed by atoms with Gasteiger partial charge in [0.25, 0.3) is 0 Å². The first kappa shape index (κ1) is 25.1. The molecule has 0 unspecified atom stereocenters. The number of amides is 1. The van der Waals surface area contributed by atoms with Crippen molar-refractivity contribution in [2.24, 2.45) is 5.92 Å². The van der Waals surface area contributed by atoms with Gasteiger partial charge in [0.15, 0.2) is 0 Å². The Bertz CT molecular complexity index is 1180. The lowest BCUT2D eigenvalue weighted by molar-refractivity contribution is 0.0846. The zero-order valence-electron chi connectivity index (χ0n) is 20.8. The van der Waals surface area contributed by atoms with Crippen molar-refractivity contribution in [2.75, 3.05) is 35.2 Å². The van der Waals surface area contributed by atoms with Gasteiger partial charge in [-0.15, -0.1) is 0 Å². The predicted octanol–water partition coefficient (Wildman–Crippen LogP) is 4.54. The van der Waals surface area contributed by atoms with Gasteiger partial charge in [-0.1, -0.05) is 12.1 Å². The minimum atomic E-state index is -0.917. The average Bonchev–Trinajstić information content (AvgIpc) is 2.78. The Hall–Kier alpha value is -4.02. The zero-order chi connectivity index (χ0) is 25.9. The number of aromatic nitrogens is 4. The number of nitrogens with zero attached hydrogens (tertiary/aromatic N) is 6. The van der Waals surface area contributed by atoms with Crippen molar-refractivity contribution in [3.63, 3.8) is 0 Å². The molecule has 3 aromatic rings. The van der Waals surface area contributed by atoms with E-state index in [1.807, 2.05) is 33.8 Å². The van der Waals surface area contributed by atoms with Crippen molar-refractivity contribution >= 4 is 29.5 Å². The van der Waals surface area contributed by atoms with Crippen molar-refractivity contribution in [3.05, 3.63) is 60.3 Å². The van der Waals surface area contributed by atoms with Crippen molar-refractivity contribution in [3.8, 4) is 0 Å². The largest absolute Gasteiger partial charge is 0.465 e. The van der Waals surface area contributed by atoms with E-state index in [-0.39, 0.29) is 17.8 Å². The summed E-state index contributed by atoms with van der Waals surface area (Å²) in [6.07, 6.45) is 3.86. The summed E-state index contributed by atoms with van der Waals surface area (Å²) in [4.78, 5) is 32.9. The van der Waals surface area contributed by atoms with E-state index in [0.29, 0.717) is 43.0 Å². The lowest BCUT2D eigenvalue weighted by Gasteiger charge is -2.44. The fraction of sp³-hybridized carbons (Fsp3) is 0.400. The quantitative estimate of drug-likeness (QED) is 0.415. The van der Waals surface area contributed by atoms with Crippen molar-refractivity contribution in [2.45, 2.75) is 39.3 Å². The lowest BCUT2D eigenvalue weighted by atomic mass is 9.96. The van der Waals surface area contributed by atoms with E-state index in [1.165, 1.54) is 17.0 Å². The third kappa shape index (κ3) is 6.15. The maximum Gasteiger partial charge on any atom is 0.407 e. The number of carbonyl (C=O) groups is 1. The molecule has 3 N–H and O–H groups in total. The summed E-state index contributed by atoms with van der Waals surface area (Å²) in [7, 11) is 0. The smallest absolute Gasteiger partial charge is 0.407 e. The van der Waals surface area contributed by atoms with Crippen LogP contribution in [0.5, 0.6) is 0 Å². The molecule has 1 saturated heterocycles. The second kappa shape index (κ2) is 10.3. The van der Waals surface area contributed by atoms with E-state index in [9.17, 15) is 14.3 Å². The van der Waals surface area contributed by atoms with Crippen LogP contribution in [0.25, 0.3) is 0 Å². The topological polar surface area (TPSA) is 119 Å². The van der Waals surface area contributed by atoms with E-state index < -0.39 is 11.6 Å². The Morgan fingerprint density at radius 2 is 1.92 bits per heavy atom. The number of benzene rings is 1. The third-order valence-electron chi connectivity index (χ3n) is 6.01. The molecule has 0 aliphatic carbocycles. The normalized spacial score (nSPS) is 14.6. The molecule has 0 saturated carbocycles. The van der Waals surface area contributed by atoms with Crippen LogP contribution in [0.3, 0.4) is 0 Å². The highest BCUT2D eigenvalue weighted by Crippen LogP contribution is 2.29. The Morgan fingerprint density at radius 1 is 1.19 bits per heavy atom. The minimum absolute atomic E-state index is 0.162. The van der Waals surface area contributed by atoms with E-state index in [2.05, 4.69) is 30.5 Å². The van der Waals surface area contributed by atoms with Crippen LogP contribution in [0.15, 0.2) is 48.9 Å². The van der Waals surface area contributed by atoms with Crippen molar-refractivity contribution < 1.29 is 14.3 Å². The van der Waals surface area contributed by atoms with Gasteiger partial charge >= 0.3 is 6.09 Å². The zero-order valence-corrected chi connectivity index (χ0v) is 20.8. The Balaban J connectivity index is 1.52. The van der Waals surface area contributed by atoms with Crippen LogP contribution in [-0.2, 0) is 0 Å². The molecular weight excluding hydrogens is 463 g/mol. The van der Waals surface area contributed by atoms with Crippen LogP contribution in [-0.4, -0.2) is 61.2 Å². The van der Waals surface area contributed by atoms with Gasteiger partial charge in [-0.3, -0.25) is 4.98 Å². The van der Waals surface area contributed by atoms with E-state index in [4.69, 9.17) is 4.98 Å². The summed E-state index contributed by atoms with van der Waals surface area (Å²) in [5.41, 5.74) is 0.427. The van der Waals surface area contributed by atoms with Crippen molar-refractivity contribution in [1.29, 1.82) is 0 Å². The summed E-state index contributed by atoms with van der Waals surface area (Å²) < 4.78 is 13.3. The molecule has 1 amide bonds. The first-order chi connectivity index (χ1) is 17.1. The highest BCUT2D eigenvalue weighted by Gasteiger charge is 2.35. The summed E-state index contributed by atoms with van der Waals surface area (Å²) >= 11 is 0. The fourth-order valence-electron chi connectivity index (χ4n) is 4.02. The maximum absolute atomic E-state index is 13.3. The SMILES string of the molecule is C[C@H](Nc1nc(Nc2cnccn2)cc(N2CC(CN(C(=O)O)C(C)(C)C)C2)n1)c1ccc(F)cc1. The first-order valence-electron chi connectivity index (χ1n) is 11.8. The van der Waals surface area contributed by atoms with Crippen molar-refractivity contribution in [1.82, 2.24) is 24.8 Å². The molecule has 4 rings (SSSR count). The number of carboxylic acid groups (broad SMARTS) is 1. The lowest BCUT2D eigenvalue weighted by Crippen LogP contribution is -2.56. The van der Waals surface area contributed by atoms with Gasteiger partial charge in [0.2, 0.25) is 5.95 Å².